The molecule has 28 heavy (non-hydrogen) atoms. The van der Waals surface area contributed by atoms with Gasteiger partial charge in [-0.2, -0.15) is 0 Å². The SMILES string of the molecule is COC1(C(=Nc2ccccc2)C(=O)Cc2ccc([N+](=O)[O-])cc2)CCCCC1. The van der Waals surface area contributed by atoms with Gasteiger partial charge in [0.05, 0.1) is 10.6 Å². The Balaban J connectivity index is 1.92. The van der Waals surface area contributed by atoms with Gasteiger partial charge in [-0.3, -0.25) is 14.9 Å². The van der Waals surface area contributed by atoms with Crippen LogP contribution in [0.2, 0.25) is 0 Å². The summed E-state index contributed by atoms with van der Waals surface area (Å²) in [6, 6.07) is 15.5. The topological polar surface area (TPSA) is 81.8 Å². The number of hydrogen-bond donors (Lipinski definition) is 0. The van der Waals surface area contributed by atoms with Crippen LogP contribution in [0.3, 0.4) is 0 Å². The van der Waals surface area contributed by atoms with Crippen molar-refractivity contribution in [3.63, 3.8) is 0 Å². The Bertz CT molecular complexity index is 854. The molecular formula is C22H24N2O4. The molecule has 0 amide bonds. The Morgan fingerprint density at radius 1 is 1.07 bits per heavy atom. The van der Waals surface area contributed by atoms with Crippen molar-refractivity contribution in [1.82, 2.24) is 0 Å². The van der Waals surface area contributed by atoms with E-state index < -0.39 is 10.5 Å². The molecule has 0 spiro atoms. The summed E-state index contributed by atoms with van der Waals surface area (Å²) in [7, 11) is 1.64. The number of benzene rings is 2. The summed E-state index contributed by atoms with van der Waals surface area (Å²) in [5.41, 5.74) is 1.22. The highest BCUT2D eigenvalue weighted by Crippen LogP contribution is 2.34. The Morgan fingerprint density at radius 3 is 2.29 bits per heavy atom. The molecule has 6 heteroatoms. The standard InChI is InChI=1S/C22H24N2O4/c1-28-22(14-6-3-7-15-22)21(23-18-8-4-2-5-9-18)20(25)16-17-10-12-19(13-11-17)24(26)27/h2,4-5,8-13H,3,6-7,14-16H2,1H3. The fraction of sp³-hybridized carbons (Fsp3) is 0.364. The number of hydrogen-bond acceptors (Lipinski definition) is 5. The molecule has 0 saturated heterocycles. The normalized spacial score (nSPS) is 16.5. The number of aliphatic imine (C=N–C) groups is 1. The molecule has 6 nitrogen and oxygen atoms in total. The molecule has 1 fully saturated rings. The minimum Gasteiger partial charge on any atom is -0.372 e. The van der Waals surface area contributed by atoms with Crippen molar-refractivity contribution in [3.8, 4) is 0 Å². The van der Waals surface area contributed by atoms with E-state index in [4.69, 9.17) is 9.73 Å². The fourth-order valence-corrected chi connectivity index (χ4v) is 3.72. The highest BCUT2D eigenvalue weighted by molar-refractivity contribution is 6.43. The van der Waals surface area contributed by atoms with E-state index in [1.165, 1.54) is 12.1 Å². The second-order valence-electron chi connectivity index (χ2n) is 7.08. The fourth-order valence-electron chi connectivity index (χ4n) is 3.72. The average Bonchev–Trinajstić information content (AvgIpc) is 2.73. The van der Waals surface area contributed by atoms with Crippen molar-refractivity contribution in [3.05, 3.63) is 70.3 Å². The Labute approximate surface area is 164 Å². The van der Waals surface area contributed by atoms with Gasteiger partial charge in [-0.05, 0) is 30.5 Å². The van der Waals surface area contributed by atoms with E-state index in [1.54, 1.807) is 19.2 Å². The molecule has 0 atom stereocenters. The van der Waals surface area contributed by atoms with Gasteiger partial charge in [0, 0.05) is 25.7 Å². The summed E-state index contributed by atoms with van der Waals surface area (Å²) < 4.78 is 5.88. The zero-order chi connectivity index (χ0) is 20.0. The highest BCUT2D eigenvalue weighted by Gasteiger charge is 2.40. The molecule has 146 valence electrons. The van der Waals surface area contributed by atoms with Crippen molar-refractivity contribution in [2.45, 2.75) is 44.1 Å². The maximum absolute atomic E-state index is 13.3. The van der Waals surface area contributed by atoms with E-state index in [-0.39, 0.29) is 17.9 Å². The van der Waals surface area contributed by atoms with Crippen molar-refractivity contribution in [1.29, 1.82) is 0 Å². The lowest BCUT2D eigenvalue weighted by Gasteiger charge is -2.36. The van der Waals surface area contributed by atoms with Gasteiger partial charge >= 0.3 is 0 Å². The molecule has 0 aromatic heterocycles. The van der Waals surface area contributed by atoms with Crippen LogP contribution in [-0.4, -0.2) is 29.1 Å². The van der Waals surface area contributed by atoms with Gasteiger partial charge in [0.25, 0.3) is 5.69 Å². The largest absolute Gasteiger partial charge is 0.372 e. The summed E-state index contributed by atoms with van der Waals surface area (Å²) in [5, 5.41) is 10.8. The molecule has 2 aromatic rings. The van der Waals surface area contributed by atoms with Crippen molar-refractivity contribution < 1.29 is 14.5 Å². The highest BCUT2D eigenvalue weighted by atomic mass is 16.6. The molecule has 1 aliphatic carbocycles. The lowest BCUT2D eigenvalue weighted by atomic mass is 9.78. The third-order valence-corrected chi connectivity index (χ3v) is 5.26. The number of ketones is 1. The van der Waals surface area contributed by atoms with Crippen LogP contribution in [0.1, 0.15) is 37.7 Å². The first-order valence-electron chi connectivity index (χ1n) is 9.50. The molecule has 3 rings (SSSR count). The summed E-state index contributed by atoms with van der Waals surface area (Å²) in [4.78, 5) is 28.3. The number of nitro groups is 1. The molecule has 0 bridgehead atoms. The zero-order valence-corrected chi connectivity index (χ0v) is 16.0. The Morgan fingerprint density at radius 2 is 1.71 bits per heavy atom. The lowest BCUT2D eigenvalue weighted by molar-refractivity contribution is -0.384. The van der Waals surface area contributed by atoms with Crippen LogP contribution >= 0.6 is 0 Å². The van der Waals surface area contributed by atoms with Gasteiger partial charge in [0.1, 0.15) is 11.3 Å². The number of rotatable bonds is 7. The number of methoxy groups -OCH3 is 1. The second kappa shape index (κ2) is 8.89. The van der Waals surface area contributed by atoms with Crippen LogP contribution in [-0.2, 0) is 16.0 Å². The molecule has 2 aromatic carbocycles. The molecule has 0 radical (unpaired) electrons. The van der Waals surface area contributed by atoms with Crippen LogP contribution in [0.4, 0.5) is 11.4 Å². The molecule has 1 aliphatic rings. The van der Waals surface area contributed by atoms with Gasteiger partial charge < -0.3 is 4.74 Å². The van der Waals surface area contributed by atoms with Crippen molar-refractivity contribution in [2.24, 2.45) is 4.99 Å². The third kappa shape index (κ3) is 4.51. The number of nitrogens with zero attached hydrogens (tertiary/aromatic N) is 2. The van der Waals surface area contributed by atoms with Gasteiger partial charge in [-0.25, -0.2) is 4.99 Å². The molecular weight excluding hydrogens is 356 g/mol. The van der Waals surface area contributed by atoms with Crippen LogP contribution < -0.4 is 0 Å². The number of nitro benzene ring substituents is 1. The van der Waals surface area contributed by atoms with Gasteiger partial charge in [0.15, 0.2) is 5.78 Å². The number of carbonyl (C=O) groups is 1. The first kappa shape index (κ1) is 19.9. The Kier molecular flexibility index (Phi) is 6.31. The maximum Gasteiger partial charge on any atom is 0.269 e. The van der Waals surface area contributed by atoms with Crippen LogP contribution in [0.15, 0.2) is 59.6 Å². The first-order valence-corrected chi connectivity index (χ1v) is 9.50. The number of ether oxygens (including phenoxy) is 1. The molecule has 1 saturated carbocycles. The molecule has 0 aliphatic heterocycles. The number of carbonyl (C=O) groups excluding carboxylic acids is 1. The van der Waals surface area contributed by atoms with E-state index >= 15 is 0 Å². The zero-order valence-electron chi connectivity index (χ0n) is 16.0. The number of non-ortho nitro benzene ring substituents is 1. The molecule has 0 N–H and O–H groups in total. The van der Waals surface area contributed by atoms with Crippen molar-refractivity contribution in [2.75, 3.05) is 7.11 Å². The third-order valence-electron chi connectivity index (χ3n) is 5.26. The minimum atomic E-state index is -0.675. The summed E-state index contributed by atoms with van der Waals surface area (Å²) in [5.74, 6) is -0.110. The summed E-state index contributed by atoms with van der Waals surface area (Å²) in [6.45, 7) is 0. The van der Waals surface area contributed by atoms with Crippen LogP contribution in [0.5, 0.6) is 0 Å². The van der Waals surface area contributed by atoms with Gasteiger partial charge in [-0.1, -0.05) is 49.6 Å². The van der Waals surface area contributed by atoms with Gasteiger partial charge in [-0.15, -0.1) is 0 Å². The van der Waals surface area contributed by atoms with E-state index in [1.807, 2.05) is 30.3 Å². The summed E-state index contributed by atoms with van der Waals surface area (Å²) >= 11 is 0. The summed E-state index contributed by atoms with van der Waals surface area (Å²) in [6.07, 6.45) is 4.77. The van der Waals surface area contributed by atoms with E-state index in [0.717, 1.165) is 43.4 Å². The van der Waals surface area contributed by atoms with Crippen LogP contribution in [0, 0.1) is 10.1 Å². The number of para-hydroxylation sites is 1. The lowest BCUT2D eigenvalue weighted by Crippen LogP contribution is -2.47. The maximum atomic E-state index is 13.3. The van der Waals surface area contributed by atoms with Crippen LogP contribution in [0.25, 0.3) is 0 Å². The van der Waals surface area contributed by atoms with Crippen molar-refractivity contribution >= 4 is 22.9 Å². The van der Waals surface area contributed by atoms with E-state index in [0.29, 0.717) is 5.71 Å². The smallest absolute Gasteiger partial charge is 0.269 e. The van der Waals surface area contributed by atoms with E-state index in [2.05, 4.69) is 0 Å². The first-order chi connectivity index (χ1) is 13.5. The average molecular weight is 380 g/mol. The quantitative estimate of drug-likeness (QED) is 0.391. The monoisotopic (exact) mass is 380 g/mol. The van der Waals surface area contributed by atoms with Gasteiger partial charge in [0.2, 0.25) is 0 Å². The second-order valence-corrected chi connectivity index (χ2v) is 7.08. The Hall–Kier alpha value is -2.86. The molecule has 0 heterocycles. The predicted octanol–water partition coefficient (Wildman–Crippen LogP) is 4.83. The minimum absolute atomic E-state index is 0.00928. The van der Waals surface area contributed by atoms with E-state index in [9.17, 15) is 14.9 Å². The molecule has 0 unspecified atom stereocenters. The predicted molar refractivity (Wildman–Crippen MR) is 108 cm³/mol. The number of Topliss-reactive ketones (excluding diaryl/α,β-unsaturated/α-hetero) is 1.